The molecule has 0 aromatic carbocycles. The van der Waals surface area contributed by atoms with Crippen LogP contribution in [0.4, 0.5) is 0 Å². The molecule has 2 rings (SSSR count). The molecule has 0 aromatic heterocycles. The average molecular weight is 301 g/mol. The first-order chi connectivity index (χ1) is 9.39. The van der Waals surface area contributed by atoms with E-state index in [9.17, 15) is 8.42 Å². The molecule has 2 fully saturated rings. The van der Waals surface area contributed by atoms with E-state index >= 15 is 0 Å². The predicted octanol–water partition coefficient (Wildman–Crippen LogP) is 2.12. The monoisotopic (exact) mass is 301 g/mol. The van der Waals surface area contributed by atoms with Crippen molar-refractivity contribution < 1.29 is 8.42 Å². The number of sulfonamides is 1. The summed E-state index contributed by atoms with van der Waals surface area (Å²) in [5, 5.41) is 7.57. The number of nitrogens with two attached hydrogens (primary N) is 1. The maximum absolute atomic E-state index is 12.5. The van der Waals surface area contributed by atoms with Crippen LogP contribution in [-0.2, 0) is 10.0 Å². The molecular weight excluding hydrogens is 274 g/mol. The van der Waals surface area contributed by atoms with Crippen molar-refractivity contribution in [2.75, 3.05) is 0 Å². The lowest BCUT2D eigenvalue weighted by Gasteiger charge is -2.40. The van der Waals surface area contributed by atoms with Gasteiger partial charge >= 0.3 is 0 Å². The lowest BCUT2D eigenvalue weighted by molar-refractivity contribution is 0.265. The third kappa shape index (κ3) is 3.17. The standard InChI is InChI=1S/C14H27N3O2S/c1-2-11-7-9-14(10-8-11,13(15)16)17-20(18,19)12-5-3-4-6-12/h11-12,17H,2-10H2,1H3,(H3,15,16). The molecule has 4 N–H and O–H groups in total. The molecule has 0 aliphatic heterocycles. The molecule has 0 amide bonds. The first-order valence-electron chi connectivity index (χ1n) is 7.77. The lowest BCUT2D eigenvalue weighted by atomic mass is 9.75. The second kappa shape index (κ2) is 6.02. The van der Waals surface area contributed by atoms with Crippen LogP contribution in [0.3, 0.4) is 0 Å². The highest BCUT2D eigenvalue weighted by atomic mass is 32.2. The fourth-order valence-corrected chi connectivity index (χ4v) is 5.54. The Morgan fingerprint density at radius 2 is 1.80 bits per heavy atom. The topological polar surface area (TPSA) is 96.0 Å². The molecule has 20 heavy (non-hydrogen) atoms. The van der Waals surface area contributed by atoms with E-state index in [1.54, 1.807) is 0 Å². The summed E-state index contributed by atoms with van der Waals surface area (Å²) in [5.74, 6) is 0.618. The molecule has 0 saturated heterocycles. The summed E-state index contributed by atoms with van der Waals surface area (Å²) in [6, 6.07) is 0. The largest absolute Gasteiger partial charge is 0.386 e. The molecule has 0 atom stereocenters. The summed E-state index contributed by atoms with van der Waals surface area (Å²) in [6.45, 7) is 2.16. The first-order valence-corrected chi connectivity index (χ1v) is 9.31. The summed E-state index contributed by atoms with van der Waals surface area (Å²) in [7, 11) is -3.36. The van der Waals surface area contributed by atoms with Crippen LogP contribution < -0.4 is 10.5 Å². The highest BCUT2D eigenvalue weighted by Gasteiger charge is 2.43. The number of hydrogen-bond acceptors (Lipinski definition) is 3. The maximum Gasteiger partial charge on any atom is 0.215 e. The molecule has 0 heterocycles. The second-order valence-corrected chi connectivity index (χ2v) is 8.36. The van der Waals surface area contributed by atoms with Gasteiger partial charge in [-0.25, -0.2) is 13.1 Å². The Kier molecular flexibility index (Phi) is 4.74. The quantitative estimate of drug-likeness (QED) is 0.536. The van der Waals surface area contributed by atoms with Gasteiger partial charge in [0.05, 0.1) is 10.8 Å². The van der Waals surface area contributed by atoms with Crippen LogP contribution in [-0.4, -0.2) is 25.0 Å². The van der Waals surface area contributed by atoms with E-state index in [1.165, 1.54) is 0 Å². The number of nitrogens with one attached hydrogen (secondary N) is 2. The summed E-state index contributed by atoms with van der Waals surface area (Å²) in [6.07, 6.45) is 7.77. The molecular formula is C14H27N3O2S. The maximum atomic E-state index is 12.5. The van der Waals surface area contributed by atoms with E-state index in [0.29, 0.717) is 18.8 Å². The van der Waals surface area contributed by atoms with Crippen molar-refractivity contribution in [3.05, 3.63) is 0 Å². The summed E-state index contributed by atoms with van der Waals surface area (Å²) >= 11 is 0. The summed E-state index contributed by atoms with van der Waals surface area (Å²) in [5.41, 5.74) is 4.92. The molecule has 2 aliphatic carbocycles. The van der Waals surface area contributed by atoms with Crippen LogP contribution in [0.1, 0.15) is 64.7 Å². The Hall–Kier alpha value is -0.620. The zero-order chi connectivity index (χ0) is 14.8. The van der Waals surface area contributed by atoms with Gasteiger partial charge in [0.1, 0.15) is 5.84 Å². The van der Waals surface area contributed by atoms with Gasteiger partial charge in [0.25, 0.3) is 0 Å². The minimum atomic E-state index is -3.36. The summed E-state index contributed by atoms with van der Waals surface area (Å²) < 4.78 is 27.8. The van der Waals surface area contributed by atoms with Gasteiger partial charge in [-0.1, -0.05) is 26.2 Å². The second-order valence-electron chi connectivity index (χ2n) is 6.40. The van der Waals surface area contributed by atoms with E-state index < -0.39 is 15.6 Å². The SMILES string of the molecule is CCC1CCC(NS(=O)(=O)C2CCCC2)(C(=N)N)CC1. The Morgan fingerprint density at radius 3 is 2.25 bits per heavy atom. The smallest absolute Gasteiger partial charge is 0.215 e. The third-order valence-electron chi connectivity index (χ3n) is 5.13. The summed E-state index contributed by atoms with van der Waals surface area (Å²) in [4.78, 5) is 0. The highest BCUT2D eigenvalue weighted by molar-refractivity contribution is 7.90. The van der Waals surface area contributed by atoms with E-state index in [2.05, 4.69) is 11.6 Å². The van der Waals surface area contributed by atoms with Crippen LogP contribution in [0.25, 0.3) is 0 Å². The number of rotatable bonds is 5. The molecule has 0 aromatic rings. The predicted molar refractivity (Wildman–Crippen MR) is 81.2 cm³/mol. The van der Waals surface area contributed by atoms with E-state index in [1.807, 2.05) is 0 Å². The number of hydrogen-bond donors (Lipinski definition) is 3. The van der Waals surface area contributed by atoms with Crippen LogP contribution in [0, 0.1) is 11.3 Å². The Balaban J connectivity index is 2.12. The molecule has 0 unspecified atom stereocenters. The lowest BCUT2D eigenvalue weighted by Crippen LogP contribution is -2.60. The average Bonchev–Trinajstić information content (AvgIpc) is 2.93. The van der Waals surface area contributed by atoms with Crippen LogP contribution in [0.15, 0.2) is 0 Å². The number of amidine groups is 1. The van der Waals surface area contributed by atoms with Crippen molar-refractivity contribution in [1.82, 2.24) is 4.72 Å². The van der Waals surface area contributed by atoms with Crippen molar-refractivity contribution in [3.63, 3.8) is 0 Å². The zero-order valence-electron chi connectivity index (χ0n) is 12.3. The van der Waals surface area contributed by atoms with Gasteiger partial charge in [0.2, 0.25) is 10.0 Å². The third-order valence-corrected chi connectivity index (χ3v) is 7.15. The van der Waals surface area contributed by atoms with Gasteiger partial charge in [-0.05, 0) is 44.4 Å². The van der Waals surface area contributed by atoms with E-state index in [4.69, 9.17) is 11.1 Å². The van der Waals surface area contributed by atoms with Crippen molar-refractivity contribution in [2.24, 2.45) is 11.7 Å². The van der Waals surface area contributed by atoms with Crippen LogP contribution >= 0.6 is 0 Å². The van der Waals surface area contributed by atoms with Gasteiger partial charge in [0.15, 0.2) is 0 Å². The minimum Gasteiger partial charge on any atom is -0.386 e. The van der Waals surface area contributed by atoms with Crippen LogP contribution in [0.5, 0.6) is 0 Å². The van der Waals surface area contributed by atoms with Crippen molar-refractivity contribution in [2.45, 2.75) is 75.5 Å². The molecule has 116 valence electrons. The normalized spacial score (nSPS) is 32.4. The Bertz CT molecular complexity index is 447. The van der Waals surface area contributed by atoms with Crippen molar-refractivity contribution >= 4 is 15.9 Å². The van der Waals surface area contributed by atoms with Crippen molar-refractivity contribution in [1.29, 1.82) is 5.41 Å². The van der Waals surface area contributed by atoms with Crippen molar-refractivity contribution in [3.8, 4) is 0 Å². The fourth-order valence-electron chi connectivity index (χ4n) is 3.56. The minimum absolute atomic E-state index is 0.0198. The van der Waals surface area contributed by atoms with Gasteiger partial charge < -0.3 is 5.73 Å². The molecule has 0 bridgehead atoms. The Labute approximate surface area is 122 Å². The van der Waals surface area contributed by atoms with Gasteiger partial charge in [0, 0.05) is 0 Å². The first kappa shape index (κ1) is 15.8. The molecule has 0 radical (unpaired) electrons. The van der Waals surface area contributed by atoms with Gasteiger partial charge in [-0.15, -0.1) is 0 Å². The Morgan fingerprint density at radius 1 is 1.25 bits per heavy atom. The van der Waals surface area contributed by atoms with Gasteiger partial charge in [-0.3, -0.25) is 5.41 Å². The van der Waals surface area contributed by atoms with Gasteiger partial charge in [-0.2, -0.15) is 0 Å². The molecule has 5 nitrogen and oxygen atoms in total. The molecule has 6 heteroatoms. The molecule has 2 aliphatic rings. The fraction of sp³-hybridized carbons (Fsp3) is 0.929. The van der Waals surface area contributed by atoms with Crippen LogP contribution in [0.2, 0.25) is 0 Å². The highest BCUT2D eigenvalue weighted by Crippen LogP contribution is 2.35. The molecule has 2 saturated carbocycles. The molecule has 0 spiro atoms. The zero-order valence-corrected chi connectivity index (χ0v) is 13.1. The van der Waals surface area contributed by atoms with E-state index in [0.717, 1.165) is 44.9 Å². The van der Waals surface area contributed by atoms with E-state index in [-0.39, 0.29) is 11.1 Å².